The van der Waals surface area contributed by atoms with Crippen molar-refractivity contribution in [3.8, 4) is 6.07 Å². The molecule has 2 aliphatic rings. The molecule has 0 spiro atoms. The second-order valence-corrected chi connectivity index (χ2v) is 5.32. The summed E-state index contributed by atoms with van der Waals surface area (Å²) in [5.74, 6) is -0.167. The minimum absolute atomic E-state index is 0.0787. The van der Waals surface area contributed by atoms with Crippen LogP contribution in [0.25, 0.3) is 0 Å². The summed E-state index contributed by atoms with van der Waals surface area (Å²) < 4.78 is 4.99. The summed E-state index contributed by atoms with van der Waals surface area (Å²) >= 11 is 0. The molecule has 1 atom stereocenters. The predicted molar refractivity (Wildman–Crippen MR) is 73.0 cm³/mol. The zero-order valence-corrected chi connectivity index (χ0v) is 11.4. The normalized spacial score (nSPS) is 20.8. The quantitative estimate of drug-likeness (QED) is 0.899. The zero-order valence-electron chi connectivity index (χ0n) is 11.4. The van der Waals surface area contributed by atoms with Crippen molar-refractivity contribution >= 4 is 12.0 Å². The molecule has 1 aliphatic heterocycles. The second-order valence-electron chi connectivity index (χ2n) is 5.32. The number of hydrogen-bond donors (Lipinski definition) is 1. The molecule has 6 nitrogen and oxygen atoms in total. The van der Waals surface area contributed by atoms with E-state index in [1.54, 1.807) is 18.2 Å². The van der Waals surface area contributed by atoms with Crippen molar-refractivity contribution in [1.29, 1.82) is 5.26 Å². The number of carbonyl (C=O) groups is 2. The van der Waals surface area contributed by atoms with E-state index in [4.69, 9.17) is 10.00 Å². The fraction of sp³-hybridized carbons (Fsp3) is 0.400. The Labute approximate surface area is 122 Å². The molecular formula is C15H15N3O3. The Morgan fingerprint density at radius 3 is 3.00 bits per heavy atom. The first-order valence-electron chi connectivity index (χ1n) is 6.90. The molecule has 6 heteroatoms. The number of nitrogens with one attached hydrogen (secondary N) is 1. The second kappa shape index (κ2) is 5.44. The Hall–Kier alpha value is -2.55. The van der Waals surface area contributed by atoms with Crippen LogP contribution in [0.1, 0.15) is 24.0 Å². The van der Waals surface area contributed by atoms with Crippen molar-refractivity contribution in [1.82, 2.24) is 10.2 Å². The maximum Gasteiger partial charge on any atom is 0.410 e. The Bertz CT molecular complexity index is 619. The smallest absolute Gasteiger partial charge is 0.410 e. The largest absolute Gasteiger partial charge is 0.447 e. The van der Waals surface area contributed by atoms with Gasteiger partial charge in [-0.3, -0.25) is 9.69 Å². The molecule has 21 heavy (non-hydrogen) atoms. The summed E-state index contributed by atoms with van der Waals surface area (Å²) in [6, 6.07) is 8.70. The Morgan fingerprint density at radius 1 is 1.48 bits per heavy atom. The summed E-state index contributed by atoms with van der Waals surface area (Å²) in [5.41, 5.74) is 1.33. The number of benzene rings is 1. The van der Waals surface area contributed by atoms with Crippen molar-refractivity contribution in [2.75, 3.05) is 6.61 Å². The molecule has 2 fully saturated rings. The fourth-order valence-corrected chi connectivity index (χ4v) is 2.30. The lowest BCUT2D eigenvalue weighted by molar-refractivity contribution is -0.125. The van der Waals surface area contributed by atoms with Gasteiger partial charge in [0.1, 0.15) is 12.6 Å². The van der Waals surface area contributed by atoms with Crippen molar-refractivity contribution in [2.45, 2.75) is 31.5 Å². The number of nitriles is 1. The highest BCUT2D eigenvalue weighted by molar-refractivity contribution is 5.88. The van der Waals surface area contributed by atoms with Crippen LogP contribution in [0.4, 0.5) is 4.79 Å². The SMILES string of the molecule is N#Cc1cccc(CN2C(=O)OC[C@H]2C(=O)NC2CC2)c1. The molecule has 1 aliphatic carbocycles. The van der Waals surface area contributed by atoms with Crippen molar-refractivity contribution in [3.05, 3.63) is 35.4 Å². The highest BCUT2D eigenvalue weighted by atomic mass is 16.6. The Morgan fingerprint density at radius 2 is 2.29 bits per heavy atom. The molecule has 1 heterocycles. The highest BCUT2D eigenvalue weighted by Gasteiger charge is 2.39. The number of amides is 2. The van der Waals surface area contributed by atoms with Crippen LogP contribution in [-0.2, 0) is 16.1 Å². The van der Waals surface area contributed by atoms with Crippen LogP contribution >= 0.6 is 0 Å². The van der Waals surface area contributed by atoms with Gasteiger partial charge in [-0.2, -0.15) is 5.26 Å². The molecule has 0 unspecified atom stereocenters. The average molecular weight is 285 g/mol. The van der Waals surface area contributed by atoms with Crippen molar-refractivity contribution < 1.29 is 14.3 Å². The van der Waals surface area contributed by atoms with E-state index in [0.717, 1.165) is 18.4 Å². The maximum atomic E-state index is 12.1. The van der Waals surface area contributed by atoms with E-state index < -0.39 is 12.1 Å². The van der Waals surface area contributed by atoms with Gasteiger partial charge in [-0.1, -0.05) is 12.1 Å². The van der Waals surface area contributed by atoms with Gasteiger partial charge in [-0.25, -0.2) is 4.79 Å². The highest BCUT2D eigenvalue weighted by Crippen LogP contribution is 2.22. The van der Waals surface area contributed by atoms with Crippen LogP contribution < -0.4 is 5.32 Å². The number of nitrogens with zero attached hydrogens (tertiary/aromatic N) is 2. The summed E-state index contributed by atoms with van der Waals surface area (Å²) in [7, 11) is 0. The molecule has 3 rings (SSSR count). The summed E-state index contributed by atoms with van der Waals surface area (Å²) in [4.78, 5) is 25.3. The number of rotatable bonds is 4. The van der Waals surface area contributed by atoms with Crippen LogP contribution in [0, 0.1) is 11.3 Å². The molecule has 1 aromatic carbocycles. The van der Waals surface area contributed by atoms with Gasteiger partial charge in [-0.15, -0.1) is 0 Å². The molecule has 1 N–H and O–H groups in total. The van der Waals surface area contributed by atoms with Gasteiger partial charge in [0.15, 0.2) is 0 Å². The molecule has 0 aromatic heterocycles. The lowest BCUT2D eigenvalue weighted by Gasteiger charge is -2.20. The van der Waals surface area contributed by atoms with Crippen LogP contribution in [0.5, 0.6) is 0 Å². The van der Waals surface area contributed by atoms with Gasteiger partial charge in [0.2, 0.25) is 5.91 Å². The lowest BCUT2D eigenvalue weighted by atomic mass is 10.1. The van der Waals surface area contributed by atoms with Crippen LogP contribution in [0.2, 0.25) is 0 Å². The number of cyclic esters (lactones) is 1. The van der Waals surface area contributed by atoms with Crippen molar-refractivity contribution in [3.63, 3.8) is 0 Å². The van der Waals surface area contributed by atoms with Gasteiger partial charge in [-0.05, 0) is 30.5 Å². The van der Waals surface area contributed by atoms with Crippen LogP contribution in [0.3, 0.4) is 0 Å². The van der Waals surface area contributed by atoms with Gasteiger partial charge in [0.05, 0.1) is 18.2 Å². The van der Waals surface area contributed by atoms with E-state index >= 15 is 0 Å². The van der Waals surface area contributed by atoms with Gasteiger partial charge in [0.25, 0.3) is 0 Å². The van der Waals surface area contributed by atoms with E-state index in [9.17, 15) is 9.59 Å². The monoisotopic (exact) mass is 285 g/mol. The summed E-state index contributed by atoms with van der Waals surface area (Å²) in [5, 5.41) is 11.8. The Balaban J connectivity index is 1.72. The molecule has 1 saturated heterocycles. The molecule has 1 saturated carbocycles. The third-order valence-electron chi connectivity index (χ3n) is 3.61. The standard InChI is InChI=1S/C15H15N3O3/c16-7-10-2-1-3-11(6-10)8-18-13(9-21-15(18)20)14(19)17-12-4-5-12/h1-3,6,12-13H,4-5,8-9H2,(H,17,19)/t13-/m0/s1. The van der Waals surface area contributed by atoms with E-state index in [1.807, 2.05) is 6.07 Å². The Kier molecular flexibility index (Phi) is 3.48. The number of ether oxygens (including phenoxy) is 1. The third-order valence-corrected chi connectivity index (χ3v) is 3.61. The molecular weight excluding hydrogens is 270 g/mol. The molecule has 2 amide bonds. The summed E-state index contributed by atoms with van der Waals surface area (Å²) in [6.45, 7) is 0.340. The average Bonchev–Trinajstić information content (AvgIpc) is 3.23. The fourth-order valence-electron chi connectivity index (χ4n) is 2.30. The molecule has 0 bridgehead atoms. The number of carbonyl (C=O) groups excluding carboxylic acids is 2. The molecule has 1 aromatic rings. The zero-order chi connectivity index (χ0) is 14.8. The third kappa shape index (κ3) is 2.97. The first-order valence-corrected chi connectivity index (χ1v) is 6.90. The van der Waals surface area contributed by atoms with Crippen molar-refractivity contribution in [2.24, 2.45) is 0 Å². The molecule has 0 radical (unpaired) electrons. The maximum absolute atomic E-state index is 12.1. The van der Waals surface area contributed by atoms with Crippen LogP contribution in [-0.4, -0.2) is 35.6 Å². The van der Waals surface area contributed by atoms with Gasteiger partial charge >= 0.3 is 6.09 Å². The minimum Gasteiger partial charge on any atom is -0.447 e. The first kappa shape index (κ1) is 13.4. The minimum atomic E-state index is -0.594. The van der Waals surface area contributed by atoms with E-state index in [1.165, 1.54) is 4.90 Å². The first-order chi connectivity index (χ1) is 10.2. The topological polar surface area (TPSA) is 82.4 Å². The van der Waals surface area contributed by atoms with E-state index in [0.29, 0.717) is 5.56 Å². The van der Waals surface area contributed by atoms with Gasteiger partial charge in [0, 0.05) is 6.04 Å². The molecule has 108 valence electrons. The van der Waals surface area contributed by atoms with Gasteiger partial charge < -0.3 is 10.1 Å². The number of hydrogen-bond acceptors (Lipinski definition) is 4. The lowest BCUT2D eigenvalue weighted by Crippen LogP contribution is -2.46. The van der Waals surface area contributed by atoms with E-state index in [2.05, 4.69) is 11.4 Å². The summed E-state index contributed by atoms with van der Waals surface area (Å²) in [6.07, 6.45) is 1.50. The predicted octanol–water partition coefficient (Wildman–Crippen LogP) is 1.16. The van der Waals surface area contributed by atoms with Crippen LogP contribution in [0.15, 0.2) is 24.3 Å². The van der Waals surface area contributed by atoms with E-state index in [-0.39, 0.29) is 25.1 Å².